The van der Waals surface area contributed by atoms with Crippen molar-refractivity contribution in [2.75, 3.05) is 5.32 Å². The molecule has 0 fully saturated rings. The van der Waals surface area contributed by atoms with E-state index in [2.05, 4.69) is 30.0 Å². The number of thiophene rings is 1. The summed E-state index contributed by atoms with van der Waals surface area (Å²) in [6.07, 6.45) is 4.49. The molecule has 0 unspecified atom stereocenters. The average molecular weight is 433 g/mol. The Morgan fingerprint density at radius 3 is 2.84 bits per heavy atom. The van der Waals surface area contributed by atoms with Crippen LogP contribution >= 0.6 is 11.3 Å². The molecule has 0 spiro atoms. The number of benzene rings is 1. The Balaban J connectivity index is 1.45. The van der Waals surface area contributed by atoms with Gasteiger partial charge in [0.05, 0.1) is 4.88 Å². The van der Waals surface area contributed by atoms with E-state index in [1.807, 2.05) is 45.0 Å². The lowest BCUT2D eigenvalue weighted by molar-refractivity contribution is 0.103. The van der Waals surface area contributed by atoms with E-state index in [1.54, 1.807) is 0 Å². The number of nitrogens with one attached hydrogen (secondary N) is 1. The molecule has 0 bridgehead atoms. The zero-order chi connectivity index (χ0) is 21.5. The number of carbonyl (C=O) groups is 1. The Morgan fingerprint density at radius 2 is 1.97 bits per heavy atom. The number of aryl methyl sites for hydroxylation is 4. The van der Waals surface area contributed by atoms with Crippen LogP contribution in [0.3, 0.4) is 0 Å². The van der Waals surface area contributed by atoms with Crippen LogP contribution in [0, 0.1) is 20.8 Å². The normalized spacial score (nSPS) is 13.8. The number of carbonyl (C=O) groups excluding carboxylic acids is 1. The molecule has 0 atom stereocenters. The molecule has 1 N–H and O–H groups in total. The molecular formula is C23H24N6OS. The van der Waals surface area contributed by atoms with Gasteiger partial charge in [-0.3, -0.25) is 4.79 Å². The van der Waals surface area contributed by atoms with Crippen molar-refractivity contribution in [2.24, 2.45) is 0 Å². The fourth-order valence-corrected chi connectivity index (χ4v) is 5.49. The summed E-state index contributed by atoms with van der Waals surface area (Å²) in [6.45, 7) is 6.73. The second-order valence-corrected chi connectivity index (χ2v) is 9.03. The molecule has 4 aromatic rings. The van der Waals surface area contributed by atoms with E-state index in [0.29, 0.717) is 4.88 Å². The summed E-state index contributed by atoms with van der Waals surface area (Å²) in [5.74, 6) is 2.51. The first kappa shape index (κ1) is 19.8. The third-order valence-electron chi connectivity index (χ3n) is 5.78. The molecule has 31 heavy (non-hydrogen) atoms. The molecule has 0 aliphatic carbocycles. The third kappa shape index (κ3) is 3.61. The zero-order valence-corrected chi connectivity index (χ0v) is 18.7. The Bertz CT molecular complexity index is 1310. The summed E-state index contributed by atoms with van der Waals surface area (Å²) in [7, 11) is 0. The molecule has 1 aliphatic rings. The number of fused-ring (bicyclic) bond motifs is 2. The summed E-state index contributed by atoms with van der Waals surface area (Å²) in [6, 6.07) is 7.83. The minimum atomic E-state index is -0.130. The van der Waals surface area contributed by atoms with Crippen LogP contribution in [0.25, 0.3) is 21.6 Å². The molecule has 8 heteroatoms. The number of aromatic nitrogens is 5. The van der Waals surface area contributed by atoms with Gasteiger partial charge in [-0.15, -0.1) is 21.5 Å². The van der Waals surface area contributed by atoms with Crippen molar-refractivity contribution < 1.29 is 4.79 Å². The van der Waals surface area contributed by atoms with Crippen molar-refractivity contribution in [1.29, 1.82) is 0 Å². The lowest BCUT2D eigenvalue weighted by Crippen LogP contribution is -2.11. The molecule has 1 aromatic carbocycles. The summed E-state index contributed by atoms with van der Waals surface area (Å²) >= 11 is 1.41. The van der Waals surface area contributed by atoms with E-state index < -0.39 is 0 Å². The number of hydrogen-bond donors (Lipinski definition) is 1. The molecule has 0 saturated carbocycles. The molecule has 3 aromatic heterocycles. The highest BCUT2D eigenvalue weighted by Crippen LogP contribution is 2.32. The van der Waals surface area contributed by atoms with Gasteiger partial charge in [-0.1, -0.05) is 18.6 Å². The summed E-state index contributed by atoms with van der Waals surface area (Å²) < 4.78 is 2.22. The Hall–Kier alpha value is -3.13. The highest BCUT2D eigenvalue weighted by molar-refractivity contribution is 7.20. The van der Waals surface area contributed by atoms with E-state index in [0.717, 1.165) is 76.0 Å². The van der Waals surface area contributed by atoms with Crippen molar-refractivity contribution in [3.05, 3.63) is 52.0 Å². The minimum Gasteiger partial charge on any atom is -0.321 e. The molecule has 158 valence electrons. The lowest BCUT2D eigenvalue weighted by atomic mass is 10.1. The number of hydrogen-bond acceptors (Lipinski definition) is 6. The van der Waals surface area contributed by atoms with Crippen LogP contribution in [0.1, 0.15) is 51.8 Å². The standard InChI is InChI=1S/C23H24N6OS/c1-13-19-14(2)24-15(3)25-23(19)31-20(13)22(30)26-17-9-7-8-16(12-17)21-28-27-18-10-5-4-6-11-29(18)21/h7-9,12H,4-6,10-11H2,1-3H3,(H,26,30). The van der Waals surface area contributed by atoms with Gasteiger partial charge < -0.3 is 9.88 Å². The maximum Gasteiger partial charge on any atom is 0.266 e. The SMILES string of the molecule is Cc1nc(C)c2c(C)c(C(=O)Nc3cccc(-c4nnc5n4CCCCC5)c3)sc2n1. The van der Waals surface area contributed by atoms with Crippen molar-refractivity contribution in [1.82, 2.24) is 24.7 Å². The van der Waals surface area contributed by atoms with Crippen LogP contribution in [0.15, 0.2) is 24.3 Å². The van der Waals surface area contributed by atoms with Crippen LogP contribution in [0.5, 0.6) is 0 Å². The Labute approximate surface area is 184 Å². The van der Waals surface area contributed by atoms with Gasteiger partial charge in [0.25, 0.3) is 5.91 Å². The van der Waals surface area contributed by atoms with Gasteiger partial charge in [0.2, 0.25) is 0 Å². The summed E-state index contributed by atoms with van der Waals surface area (Å²) in [5.41, 5.74) is 3.53. The summed E-state index contributed by atoms with van der Waals surface area (Å²) in [4.78, 5) is 23.6. The predicted octanol–water partition coefficient (Wildman–Crippen LogP) is 4.85. The Morgan fingerprint density at radius 1 is 1.10 bits per heavy atom. The van der Waals surface area contributed by atoms with Gasteiger partial charge in [-0.2, -0.15) is 0 Å². The third-order valence-corrected chi connectivity index (χ3v) is 6.96. The van der Waals surface area contributed by atoms with Crippen molar-refractivity contribution in [3.8, 4) is 11.4 Å². The second kappa shape index (κ2) is 7.85. The maximum absolute atomic E-state index is 13.1. The van der Waals surface area contributed by atoms with Gasteiger partial charge >= 0.3 is 0 Å². The molecular weight excluding hydrogens is 408 g/mol. The van der Waals surface area contributed by atoms with E-state index >= 15 is 0 Å². The largest absolute Gasteiger partial charge is 0.321 e. The van der Waals surface area contributed by atoms with Gasteiger partial charge in [-0.05, 0) is 51.3 Å². The van der Waals surface area contributed by atoms with Crippen molar-refractivity contribution in [3.63, 3.8) is 0 Å². The molecule has 0 radical (unpaired) electrons. The first-order valence-electron chi connectivity index (χ1n) is 10.6. The fourth-order valence-electron chi connectivity index (χ4n) is 4.31. The highest BCUT2D eigenvalue weighted by atomic mass is 32.1. The van der Waals surface area contributed by atoms with Crippen LogP contribution in [0.4, 0.5) is 5.69 Å². The van der Waals surface area contributed by atoms with Crippen LogP contribution < -0.4 is 5.32 Å². The fraction of sp³-hybridized carbons (Fsp3) is 0.348. The summed E-state index contributed by atoms with van der Waals surface area (Å²) in [5, 5.41) is 12.9. The number of rotatable bonds is 3. The molecule has 1 amide bonds. The van der Waals surface area contributed by atoms with Crippen molar-refractivity contribution >= 4 is 33.1 Å². The monoisotopic (exact) mass is 432 g/mol. The molecule has 1 aliphatic heterocycles. The first-order chi connectivity index (χ1) is 15.0. The number of nitrogens with zero attached hydrogens (tertiary/aromatic N) is 5. The van der Waals surface area contributed by atoms with Gasteiger partial charge in [0.15, 0.2) is 5.82 Å². The quantitative estimate of drug-likeness (QED) is 0.500. The minimum absolute atomic E-state index is 0.130. The second-order valence-electron chi connectivity index (χ2n) is 8.03. The Kier molecular flexibility index (Phi) is 5.02. The van der Waals surface area contributed by atoms with Crippen LogP contribution in [-0.4, -0.2) is 30.6 Å². The molecule has 7 nitrogen and oxygen atoms in total. The maximum atomic E-state index is 13.1. The van der Waals surface area contributed by atoms with Gasteiger partial charge in [0, 0.05) is 35.3 Å². The topological polar surface area (TPSA) is 85.6 Å². The van der Waals surface area contributed by atoms with Crippen molar-refractivity contribution in [2.45, 2.75) is 53.0 Å². The highest BCUT2D eigenvalue weighted by Gasteiger charge is 2.20. The lowest BCUT2D eigenvalue weighted by Gasteiger charge is -2.09. The molecule has 5 rings (SSSR count). The first-order valence-corrected chi connectivity index (χ1v) is 11.4. The van der Waals surface area contributed by atoms with Gasteiger partial charge in [-0.25, -0.2) is 9.97 Å². The zero-order valence-electron chi connectivity index (χ0n) is 17.9. The van der Waals surface area contributed by atoms with E-state index in [1.165, 1.54) is 17.8 Å². The predicted molar refractivity (Wildman–Crippen MR) is 123 cm³/mol. The smallest absolute Gasteiger partial charge is 0.266 e. The molecule has 0 saturated heterocycles. The average Bonchev–Trinajstić information content (AvgIpc) is 3.20. The van der Waals surface area contributed by atoms with Crippen LogP contribution in [-0.2, 0) is 13.0 Å². The van der Waals surface area contributed by atoms with E-state index in [-0.39, 0.29) is 5.91 Å². The van der Waals surface area contributed by atoms with E-state index in [4.69, 9.17) is 0 Å². The number of anilines is 1. The van der Waals surface area contributed by atoms with E-state index in [9.17, 15) is 4.79 Å². The van der Waals surface area contributed by atoms with Gasteiger partial charge in [0.1, 0.15) is 16.5 Å². The molecule has 4 heterocycles. The number of amides is 1. The van der Waals surface area contributed by atoms with Crippen LogP contribution in [0.2, 0.25) is 0 Å².